The van der Waals surface area contributed by atoms with Crippen molar-refractivity contribution in [3.63, 3.8) is 0 Å². The number of nitrogens with one attached hydrogen (secondary N) is 1. The monoisotopic (exact) mass is 310 g/mol. The largest absolute Gasteiger partial charge is 0.243 e. The highest BCUT2D eigenvalue weighted by Crippen LogP contribution is 2.17. The average Bonchev–Trinajstić information content (AvgIpc) is 2.15. The second kappa shape index (κ2) is 5.07. The first-order chi connectivity index (χ1) is 6.93. The lowest BCUT2D eigenvalue weighted by Crippen LogP contribution is -2.25. The van der Waals surface area contributed by atoms with Gasteiger partial charge in [0.2, 0.25) is 10.0 Å². The van der Waals surface area contributed by atoms with Crippen LogP contribution in [0.3, 0.4) is 0 Å². The van der Waals surface area contributed by atoms with Crippen molar-refractivity contribution in [2.75, 3.05) is 6.54 Å². The van der Waals surface area contributed by atoms with E-state index in [2.05, 4.69) is 32.2 Å². The Hall–Kier alpha value is -0.430. The number of hydrogen-bond acceptors (Lipinski definition) is 3. The Morgan fingerprint density at radius 3 is 2.87 bits per heavy atom. The van der Waals surface area contributed by atoms with E-state index in [9.17, 15) is 8.42 Å². The van der Waals surface area contributed by atoms with E-state index in [1.165, 1.54) is 18.3 Å². The predicted octanol–water partition coefficient (Wildman–Crippen LogP) is 1.92. The van der Waals surface area contributed by atoms with E-state index in [-0.39, 0.29) is 16.6 Å². The van der Waals surface area contributed by atoms with Crippen LogP contribution in [0.4, 0.5) is 0 Å². The maximum atomic E-state index is 11.7. The van der Waals surface area contributed by atoms with Gasteiger partial charge in [0.05, 0.1) is 0 Å². The van der Waals surface area contributed by atoms with E-state index < -0.39 is 10.0 Å². The third-order valence-electron chi connectivity index (χ3n) is 1.47. The van der Waals surface area contributed by atoms with Crippen LogP contribution in [0.25, 0.3) is 0 Å². The molecule has 0 spiro atoms. The van der Waals surface area contributed by atoms with Crippen LogP contribution < -0.4 is 4.72 Å². The molecule has 4 nitrogen and oxygen atoms in total. The fourth-order valence-electron chi connectivity index (χ4n) is 0.823. The minimum absolute atomic E-state index is 0.0413. The van der Waals surface area contributed by atoms with Gasteiger partial charge in [0.15, 0.2) is 0 Å². The zero-order valence-corrected chi connectivity index (χ0v) is 10.7. The normalized spacial score (nSPS) is 11.3. The van der Waals surface area contributed by atoms with Gasteiger partial charge in [0.25, 0.3) is 0 Å². The first kappa shape index (κ1) is 12.6. The predicted molar refractivity (Wildman–Crippen MR) is 62.5 cm³/mol. The van der Waals surface area contributed by atoms with Crippen LogP contribution in [0, 0.1) is 0 Å². The summed E-state index contributed by atoms with van der Waals surface area (Å²) in [5.74, 6) is 0. The Labute approximate surface area is 102 Å². The van der Waals surface area contributed by atoms with Gasteiger partial charge in [0.1, 0.15) is 10.0 Å². The first-order valence-electron chi connectivity index (χ1n) is 3.87. The van der Waals surface area contributed by atoms with Gasteiger partial charge < -0.3 is 0 Å². The van der Waals surface area contributed by atoms with E-state index in [4.69, 9.17) is 11.6 Å². The molecule has 0 amide bonds. The third kappa shape index (κ3) is 3.57. The van der Waals surface area contributed by atoms with Gasteiger partial charge in [-0.2, -0.15) is 0 Å². The summed E-state index contributed by atoms with van der Waals surface area (Å²) in [5.41, 5.74) is 0. The van der Waals surface area contributed by atoms with Gasteiger partial charge in [0, 0.05) is 17.2 Å². The molecular formula is C8H8BrClN2O2S. The highest BCUT2D eigenvalue weighted by atomic mass is 79.9. The molecule has 0 saturated heterocycles. The minimum atomic E-state index is -3.62. The molecule has 0 aliphatic carbocycles. The molecule has 0 bridgehead atoms. The third-order valence-corrected chi connectivity index (χ3v) is 3.59. The molecule has 1 heterocycles. The molecule has 0 saturated carbocycles. The number of nitrogens with zero attached hydrogens (tertiary/aromatic N) is 1. The number of rotatable bonds is 4. The van der Waals surface area contributed by atoms with Gasteiger partial charge in [-0.05, 0) is 12.1 Å². The SMILES string of the molecule is C=C(Br)CNS(=O)(=O)c1cccnc1Cl. The van der Waals surface area contributed by atoms with Gasteiger partial charge >= 0.3 is 0 Å². The molecule has 82 valence electrons. The van der Waals surface area contributed by atoms with Crippen molar-refractivity contribution in [1.29, 1.82) is 0 Å². The van der Waals surface area contributed by atoms with Crippen molar-refractivity contribution in [3.05, 3.63) is 34.5 Å². The van der Waals surface area contributed by atoms with Gasteiger partial charge in [-0.1, -0.05) is 34.1 Å². The number of halogens is 2. The van der Waals surface area contributed by atoms with Gasteiger partial charge in [-0.25, -0.2) is 18.1 Å². The van der Waals surface area contributed by atoms with Crippen LogP contribution in [0.5, 0.6) is 0 Å². The molecule has 0 aliphatic heterocycles. The van der Waals surface area contributed by atoms with Crippen molar-refractivity contribution in [1.82, 2.24) is 9.71 Å². The molecular weight excluding hydrogens is 304 g/mol. The minimum Gasteiger partial charge on any atom is -0.243 e. The Morgan fingerprint density at radius 1 is 1.67 bits per heavy atom. The second-order valence-electron chi connectivity index (χ2n) is 2.63. The van der Waals surface area contributed by atoms with E-state index in [1.807, 2.05) is 0 Å². The van der Waals surface area contributed by atoms with E-state index in [1.54, 1.807) is 0 Å². The van der Waals surface area contributed by atoms with E-state index in [0.29, 0.717) is 4.48 Å². The van der Waals surface area contributed by atoms with Crippen LogP contribution in [-0.2, 0) is 10.0 Å². The topological polar surface area (TPSA) is 59.1 Å². The van der Waals surface area contributed by atoms with Crippen molar-refractivity contribution >= 4 is 37.6 Å². The average molecular weight is 312 g/mol. The first-order valence-corrected chi connectivity index (χ1v) is 6.52. The molecule has 1 aromatic heterocycles. The molecule has 1 aromatic rings. The molecule has 0 atom stereocenters. The number of pyridine rings is 1. The summed E-state index contributed by atoms with van der Waals surface area (Å²) >= 11 is 8.71. The summed E-state index contributed by atoms with van der Waals surface area (Å²) in [5, 5.41) is -0.0508. The summed E-state index contributed by atoms with van der Waals surface area (Å²) < 4.78 is 26.2. The Balaban J connectivity index is 2.97. The van der Waals surface area contributed by atoms with Crippen molar-refractivity contribution in [2.45, 2.75) is 4.90 Å². The van der Waals surface area contributed by atoms with Crippen LogP contribution in [0.2, 0.25) is 5.15 Å². The fraction of sp³-hybridized carbons (Fsp3) is 0.125. The molecule has 0 fully saturated rings. The molecule has 0 radical (unpaired) electrons. The lowest BCUT2D eigenvalue weighted by molar-refractivity contribution is 0.585. The summed E-state index contributed by atoms with van der Waals surface area (Å²) in [6, 6.07) is 2.89. The zero-order chi connectivity index (χ0) is 11.5. The molecule has 15 heavy (non-hydrogen) atoms. The maximum Gasteiger partial charge on any atom is 0.243 e. The number of hydrogen-bond donors (Lipinski definition) is 1. The molecule has 0 unspecified atom stereocenters. The van der Waals surface area contributed by atoms with Gasteiger partial charge in [-0.3, -0.25) is 0 Å². The lowest BCUT2D eigenvalue weighted by atomic mass is 10.5. The van der Waals surface area contributed by atoms with Crippen LogP contribution >= 0.6 is 27.5 Å². The van der Waals surface area contributed by atoms with Crippen LogP contribution in [0.15, 0.2) is 34.3 Å². The Morgan fingerprint density at radius 2 is 2.33 bits per heavy atom. The van der Waals surface area contributed by atoms with Crippen molar-refractivity contribution in [3.8, 4) is 0 Å². The summed E-state index contributed by atoms with van der Waals surface area (Å²) in [6.45, 7) is 3.62. The Kier molecular flexibility index (Phi) is 4.27. The summed E-state index contributed by atoms with van der Waals surface area (Å²) in [4.78, 5) is 3.64. The molecule has 0 aliphatic rings. The van der Waals surface area contributed by atoms with E-state index >= 15 is 0 Å². The van der Waals surface area contributed by atoms with E-state index in [0.717, 1.165) is 0 Å². The van der Waals surface area contributed by atoms with Crippen molar-refractivity contribution in [2.24, 2.45) is 0 Å². The van der Waals surface area contributed by atoms with Crippen LogP contribution in [-0.4, -0.2) is 19.9 Å². The smallest absolute Gasteiger partial charge is 0.243 e. The number of aromatic nitrogens is 1. The fourth-order valence-corrected chi connectivity index (χ4v) is 2.62. The van der Waals surface area contributed by atoms with Crippen molar-refractivity contribution < 1.29 is 8.42 Å². The molecule has 1 rings (SSSR count). The summed E-state index contributed by atoms with van der Waals surface area (Å²) in [6.07, 6.45) is 1.42. The highest BCUT2D eigenvalue weighted by molar-refractivity contribution is 9.11. The Bertz CT molecular complexity index is 475. The lowest BCUT2D eigenvalue weighted by Gasteiger charge is -2.06. The quantitative estimate of drug-likeness (QED) is 0.864. The second-order valence-corrected chi connectivity index (χ2v) is 5.85. The van der Waals surface area contributed by atoms with Crippen LogP contribution in [0.1, 0.15) is 0 Å². The molecule has 0 aromatic carbocycles. The van der Waals surface area contributed by atoms with Gasteiger partial charge in [-0.15, -0.1) is 0 Å². The molecule has 7 heteroatoms. The maximum absolute atomic E-state index is 11.7. The summed E-state index contributed by atoms with van der Waals surface area (Å²) in [7, 11) is -3.62. The zero-order valence-electron chi connectivity index (χ0n) is 7.57. The standard InChI is InChI=1S/C8H8BrClN2O2S/c1-6(9)5-12-15(13,14)7-3-2-4-11-8(7)10/h2-4,12H,1,5H2. The molecule has 1 N–H and O–H groups in total. The number of sulfonamides is 1. The highest BCUT2D eigenvalue weighted by Gasteiger charge is 2.17.